The summed E-state index contributed by atoms with van der Waals surface area (Å²) in [7, 11) is 0. The van der Waals surface area contributed by atoms with Crippen molar-refractivity contribution >= 4 is 33.2 Å². The summed E-state index contributed by atoms with van der Waals surface area (Å²) in [5.41, 5.74) is 0.273. The van der Waals surface area contributed by atoms with Gasteiger partial charge in [0.1, 0.15) is 6.04 Å². The number of carbonyl (C=O) groups is 1. The van der Waals surface area contributed by atoms with Crippen LogP contribution in [0.3, 0.4) is 0 Å². The molecule has 0 aromatic heterocycles. The zero-order chi connectivity index (χ0) is 16.3. The van der Waals surface area contributed by atoms with Gasteiger partial charge in [0.05, 0.1) is 5.69 Å². The molecule has 0 heterocycles. The minimum Gasteiger partial charge on any atom is -0.374 e. The molecule has 1 atom stereocenters. The second kappa shape index (κ2) is 6.83. The lowest BCUT2D eigenvalue weighted by molar-refractivity contribution is -0.116. The Morgan fingerprint density at radius 2 is 1.86 bits per heavy atom. The van der Waals surface area contributed by atoms with Crippen LogP contribution in [0.5, 0.6) is 0 Å². The molecule has 2 aromatic rings. The summed E-state index contributed by atoms with van der Waals surface area (Å²) in [6.07, 6.45) is 0. The molecule has 0 bridgehead atoms. The summed E-state index contributed by atoms with van der Waals surface area (Å²) in [6.45, 7) is 1.56. The summed E-state index contributed by atoms with van der Waals surface area (Å²) in [5.74, 6) is -4.94. The number of hydrogen-bond acceptors (Lipinski definition) is 2. The van der Waals surface area contributed by atoms with E-state index in [1.54, 1.807) is 25.1 Å². The molecule has 0 spiro atoms. The minimum atomic E-state index is -1.62. The summed E-state index contributed by atoms with van der Waals surface area (Å²) in [4.78, 5) is 12.0. The largest absolute Gasteiger partial charge is 0.374 e. The maximum atomic E-state index is 13.5. The van der Waals surface area contributed by atoms with E-state index in [9.17, 15) is 18.0 Å². The highest BCUT2D eigenvalue weighted by molar-refractivity contribution is 9.10. The van der Waals surface area contributed by atoms with E-state index in [-0.39, 0.29) is 0 Å². The van der Waals surface area contributed by atoms with E-state index in [2.05, 4.69) is 26.6 Å². The van der Waals surface area contributed by atoms with E-state index in [1.807, 2.05) is 6.07 Å². The fourth-order valence-electron chi connectivity index (χ4n) is 1.76. The number of amides is 1. The van der Waals surface area contributed by atoms with Gasteiger partial charge in [0, 0.05) is 10.2 Å². The second-order valence-electron chi connectivity index (χ2n) is 4.59. The Morgan fingerprint density at radius 1 is 1.14 bits per heavy atom. The number of anilines is 2. The predicted molar refractivity (Wildman–Crippen MR) is 82.2 cm³/mol. The molecular weight excluding hydrogens is 361 g/mol. The molecule has 2 N–H and O–H groups in total. The van der Waals surface area contributed by atoms with Crippen molar-refractivity contribution in [1.29, 1.82) is 0 Å². The number of rotatable bonds is 4. The van der Waals surface area contributed by atoms with Crippen molar-refractivity contribution in [3.63, 3.8) is 0 Å². The normalized spacial score (nSPS) is 11.9. The fourth-order valence-corrected chi connectivity index (χ4v) is 2.16. The van der Waals surface area contributed by atoms with E-state index in [4.69, 9.17) is 0 Å². The SMILES string of the molecule is CC(Nc1cccc(Br)c1)C(=O)Nc1ccc(F)c(F)c1F. The molecule has 1 unspecified atom stereocenters. The average Bonchev–Trinajstić information content (AvgIpc) is 2.47. The summed E-state index contributed by atoms with van der Waals surface area (Å²) >= 11 is 3.30. The molecule has 0 radical (unpaired) electrons. The van der Waals surface area contributed by atoms with Gasteiger partial charge >= 0.3 is 0 Å². The maximum absolute atomic E-state index is 13.5. The Hall–Kier alpha value is -2.02. The molecule has 7 heteroatoms. The Labute approximate surface area is 133 Å². The van der Waals surface area contributed by atoms with Crippen molar-refractivity contribution in [2.75, 3.05) is 10.6 Å². The lowest BCUT2D eigenvalue weighted by Crippen LogP contribution is -2.32. The zero-order valence-corrected chi connectivity index (χ0v) is 13.0. The van der Waals surface area contributed by atoms with Crippen LogP contribution in [0.2, 0.25) is 0 Å². The van der Waals surface area contributed by atoms with Crippen LogP contribution in [0, 0.1) is 17.5 Å². The van der Waals surface area contributed by atoms with Crippen molar-refractivity contribution in [3.05, 3.63) is 58.3 Å². The van der Waals surface area contributed by atoms with Crippen molar-refractivity contribution < 1.29 is 18.0 Å². The highest BCUT2D eigenvalue weighted by Gasteiger charge is 2.18. The first-order chi connectivity index (χ1) is 10.4. The molecule has 22 heavy (non-hydrogen) atoms. The number of benzene rings is 2. The Morgan fingerprint density at radius 3 is 2.55 bits per heavy atom. The number of halogens is 4. The Bertz CT molecular complexity index is 709. The van der Waals surface area contributed by atoms with Gasteiger partial charge in [-0.1, -0.05) is 22.0 Å². The average molecular weight is 373 g/mol. The van der Waals surface area contributed by atoms with Gasteiger partial charge < -0.3 is 10.6 Å². The van der Waals surface area contributed by atoms with Crippen molar-refractivity contribution in [1.82, 2.24) is 0 Å². The quantitative estimate of drug-likeness (QED) is 0.785. The minimum absolute atomic E-state index is 0.410. The highest BCUT2D eigenvalue weighted by Crippen LogP contribution is 2.20. The molecule has 116 valence electrons. The standard InChI is InChI=1S/C15H12BrF3N2O/c1-8(20-10-4-2-3-9(16)7-10)15(22)21-12-6-5-11(17)13(18)14(12)19/h2-8,20H,1H3,(H,21,22). The van der Waals surface area contributed by atoms with Crippen molar-refractivity contribution in [2.45, 2.75) is 13.0 Å². The van der Waals surface area contributed by atoms with Crippen LogP contribution in [0.15, 0.2) is 40.9 Å². The van der Waals surface area contributed by atoms with E-state index >= 15 is 0 Å². The lowest BCUT2D eigenvalue weighted by Gasteiger charge is -2.16. The Balaban J connectivity index is 2.07. The van der Waals surface area contributed by atoms with Gasteiger partial charge in [-0.15, -0.1) is 0 Å². The third-order valence-corrected chi connectivity index (χ3v) is 3.39. The summed E-state index contributed by atoms with van der Waals surface area (Å²) < 4.78 is 40.3. The molecular formula is C15H12BrF3N2O. The monoisotopic (exact) mass is 372 g/mol. The van der Waals surface area contributed by atoms with Gasteiger partial charge in [-0.05, 0) is 37.3 Å². The van der Waals surface area contributed by atoms with Crippen LogP contribution >= 0.6 is 15.9 Å². The van der Waals surface area contributed by atoms with Gasteiger partial charge in [-0.25, -0.2) is 13.2 Å². The van der Waals surface area contributed by atoms with Gasteiger partial charge in [-0.2, -0.15) is 0 Å². The number of hydrogen-bond donors (Lipinski definition) is 2. The molecule has 1 amide bonds. The van der Waals surface area contributed by atoms with E-state index in [0.717, 1.165) is 16.6 Å². The second-order valence-corrected chi connectivity index (χ2v) is 5.50. The van der Waals surface area contributed by atoms with Gasteiger partial charge in [0.2, 0.25) is 5.91 Å². The van der Waals surface area contributed by atoms with Gasteiger partial charge in [0.15, 0.2) is 17.5 Å². The molecule has 0 saturated heterocycles. The first kappa shape index (κ1) is 16.4. The number of carbonyl (C=O) groups excluding carboxylic acids is 1. The van der Waals surface area contributed by atoms with Crippen LogP contribution in [0.1, 0.15) is 6.92 Å². The van der Waals surface area contributed by atoms with Gasteiger partial charge in [-0.3, -0.25) is 4.79 Å². The summed E-state index contributed by atoms with van der Waals surface area (Å²) in [5, 5.41) is 5.13. The van der Waals surface area contributed by atoms with Crippen LogP contribution in [-0.4, -0.2) is 11.9 Å². The van der Waals surface area contributed by atoms with Crippen LogP contribution in [0.25, 0.3) is 0 Å². The lowest BCUT2D eigenvalue weighted by atomic mass is 10.2. The maximum Gasteiger partial charge on any atom is 0.246 e. The molecule has 2 rings (SSSR count). The third-order valence-electron chi connectivity index (χ3n) is 2.89. The van der Waals surface area contributed by atoms with E-state index < -0.39 is 35.1 Å². The van der Waals surface area contributed by atoms with Crippen molar-refractivity contribution in [2.24, 2.45) is 0 Å². The molecule has 0 aliphatic rings. The molecule has 3 nitrogen and oxygen atoms in total. The molecule has 0 aliphatic carbocycles. The van der Waals surface area contributed by atoms with Crippen LogP contribution in [-0.2, 0) is 4.79 Å². The van der Waals surface area contributed by atoms with E-state index in [1.165, 1.54) is 0 Å². The Kier molecular flexibility index (Phi) is 5.07. The first-order valence-electron chi connectivity index (χ1n) is 6.35. The predicted octanol–water partition coefficient (Wildman–Crippen LogP) is 4.31. The van der Waals surface area contributed by atoms with Crippen LogP contribution in [0.4, 0.5) is 24.5 Å². The van der Waals surface area contributed by atoms with Crippen molar-refractivity contribution in [3.8, 4) is 0 Å². The topological polar surface area (TPSA) is 41.1 Å². The molecule has 0 fully saturated rings. The summed E-state index contributed by atoms with van der Waals surface area (Å²) in [6, 6.07) is 8.15. The zero-order valence-electron chi connectivity index (χ0n) is 11.5. The molecule has 0 aliphatic heterocycles. The smallest absolute Gasteiger partial charge is 0.246 e. The van der Waals surface area contributed by atoms with Gasteiger partial charge in [0.25, 0.3) is 0 Å². The fraction of sp³-hybridized carbons (Fsp3) is 0.133. The molecule has 2 aromatic carbocycles. The molecule has 0 saturated carbocycles. The third kappa shape index (κ3) is 3.79. The number of nitrogens with one attached hydrogen (secondary N) is 2. The van der Waals surface area contributed by atoms with E-state index in [0.29, 0.717) is 5.69 Å². The van der Waals surface area contributed by atoms with Crippen LogP contribution < -0.4 is 10.6 Å². The first-order valence-corrected chi connectivity index (χ1v) is 7.14. The highest BCUT2D eigenvalue weighted by atomic mass is 79.9.